The van der Waals surface area contributed by atoms with Crippen molar-refractivity contribution in [1.82, 2.24) is 0 Å². The molecular formula is C35H33BrO7. The summed E-state index contributed by atoms with van der Waals surface area (Å²) in [5.74, 6) is -1.15. The van der Waals surface area contributed by atoms with Crippen molar-refractivity contribution in [3.05, 3.63) is 114 Å². The van der Waals surface area contributed by atoms with Gasteiger partial charge in [-0.25, -0.2) is 9.59 Å². The van der Waals surface area contributed by atoms with Crippen LogP contribution in [0.2, 0.25) is 0 Å². The molecule has 0 fully saturated rings. The Hall–Kier alpha value is -4.56. The van der Waals surface area contributed by atoms with Crippen molar-refractivity contribution in [3.63, 3.8) is 0 Å². The van der Waals surface area contributed by atoms with Gasteiger partial charge in [0.25, 0.3) is 0 Å². The zero-order chi connectivity index (χ0) is 31.2. The van der Waals surface area contributed by atoms with Crippen molar-refractivity contribution in [3.8, 4) is 34.1 Å². The second-order valence-corrected chi connectivity index (χ2v) is 11.5. The summed E-state index contributed by atoms with van der Waals surface area (Å²) in [5.41, 5.74) is 1.34. The van der Waals surface area contributed by atoms with Crippen molar-refractivity contribution >= 4 is 33.4 Å². The van der Waals surface area contributed by atoms with Gasteiger partial charge in [-0.15, -0.1) is 0 Å². The van der Waals surface area contributed by atoms with E-state index in [1.807, 2.05) is 66.7 Å². The van der Waals surface area contributed by atoms with Crippen LogP contribution in [0.5, 0.6) is 23.0 Å². The first-order valence-corrected chi connectivity index (χ1v) is 14.3. The topological polar surface area (TPSA) is 80.3 Å². The van der Waals surface area contributed by atoms with E-state index < -0.39 is 23.3 Å². The predicted molar refractivity (Wildman–Crippen MR) is 169 cm³/mol. The van der Waals surface area contributed by atoms with E-state index in [1.165, 1.54) is 13.2 Å². The van der Waals surface area contributed by atoms with E-state index in [4.69, 9.17) is 23.7 Å². The van der Waals surface area contributed by atoms with Gasteiger partial charge in [0.1, 0.15) is 11.5 Å². The van der Waals surface area contributed by atoms with Crippen LogP contribution in [0, 0.1) is 0 Å². The molecule has 0 aliphatic heterocycles. The number of ether oxygens (including phenoxy) is 5. The fourth-order valence-corrected chi connectivity index (χ4v) is 4.32. The Bertz CT molecular complexity index is 1590. The Kier molecular flexibility index (Phi) is 9.61. The average molecular weight is 646 g/mol. The molecule has 0 radical (unpaired) electrons. The zero-order valence-electron chi connectivity index (χ0n) is 24.7. The zero-order valence-corrected chi connectivity index (χ0v) is 26.3. The van der Waals surface area contributed by atoms with Crippen LogP contribution in [-0.4, -0.2) is 30.4 Å². The molecule has 0 amide bonds. The fraction of sp³-hybridized carbons (Fsp3) is 0.200. The van der Waals surface area contributed by atoms with Crippen LogP contribution in [0.15, 0.2) is 108 Å². The van der Waals surface area contributed by atoms with Gasteiger partial charge in [-0.3, -0.25) is 0 Å². The van der Waals surface area contributed by atoms with Crippen LogP contribution in [0.4, 0.5) is 0 Å². The van der Waals surface area contributed by atoms with Gasteiger partial charge in [0.05, 0.1) is 12.7 Å². The van der Waals surface area contributed by atoms with E-state index in [9.17, 15) is 9.59 Å². The lowest BCUT2D eigenvalue weighted by Gasteiger charge is -2.27. The standard InChI is InChI=1S/C35H33BrO7/c1-23(32(37)43-35(4,5)42-29-17-12-25(13-18-29)24-10-8-7-9-11-24)26-14-21-30(31(22-26)39-6)40-33(38)34(2,3)41-28-19-15-27(36)16-20-28/h7-22H,1H2,2-6H3. The Morgan fingerprint density at radius 1 is 0.721 bits per heavy atom. The van der Waals surface area contributed by atoms with Crippen molar-refractivity contribution in [2.24, 2.45) is 0 Å². The summed E-state index contributed by atoms with van der Waals surface area (Å²) in [6.45, 7) is 10.4. The van der Waals surface area contributed by atoms with E-state index >= 15 is 0 Å². The Morgan fingerprint density at radius 2 is 1.30 bits per heavy atom. The lowest BCUT2D eigenvalue weighted by Crippen LogP contribution is -2.41. The van der Waals surface area contributed by atoms with Gasteiger partial charge in [0.2, 0.25) is 11.4 Å². The molecule has 0 spiro atoms. The number of rotatable bonds is 11. The molecule has 8 heteroatoms. The van der Waals surface area contributed by atoms with Crippen LogP contribution >= 0.6 is 15.9 Å². The quantitative estimate of drug-likeness (QED) is 0.0703. The van der Waals surface area contributed by atoms with Gasteiger partial charge in [-0.1, -0.05) is 71.0 Å². The fourth-order valence-electron chi connectivity index (χ4n) is 4.05. The van der Waals surface area contributed by atoms with E-state index in [1.54, 1.807) is 52.0 Å². The highest BCUT2D eigenvalue weighted by molar-refractivity contribution is 9.10. The molecule has 0 aliphatic rings. The number of benzene rings is 4. The highest BCUT2D eigenvalue weighted by atomic mass is 79.9. The highest BCUT2D eigenvalue weighted by Crippen LogP contribution is 2.33. The van der Waals surface area contributed by atoms with Crippen LogP contribution in [0.25, 0.3) is 16.7 Å². The molecule has 0 saturated carbocycles. The number of esters is 2. The molecule has 0 saturated heterocycles. The molecule has 0 bridgehead atoms. The first kappa shape index (κ1) is 31.4. The summed E-state index contributed by atoms with van der Waals surface area (Å²) in [6, 6.07) is 29.3. The number of carbonyl (C=O) groups is 2. The van der Waals surface area contributed by atoms with E-state index in [2.05, 4.69) is 22.5 Å². The Labute approximate surface area is 260 Å². The van der Waals surface area contributed by atoms with Crippen LogP contribution in [0.1, 0.15) is 33.3 Å². The largest absolute Gasteiger partial charge is 0.493 e. The molecule has 4 aromatic rings. The number of hydrogen-bond acceptors (Lipinski definition) is 7. The normalized spacial score (nSPS) is 11.3. The molecule has 0 aromatic heterocycles. The summed E-state index contributed by atoms with van der Waals surface area (Å²) < 4.78 is 29.4. The Balaban J connectivity index is 1.39. The molecular weight excluding hydrogens is 612 g/mol. The van der Waals surface area contributed by atoms with Gasteiger partial charge in [0, 0.05) is 18.3 Å². The lowest BCUT2D eigenvalue weighted by molar-refractivity contribution is -0.179. The van der Waals surface area contributed by atoms with Crippen molar-refractivity contribution in [2.75, 3.05) is 7.11 Å². The molecule has 0 atom stereocenters. The van der Waals surface area contributed by atoms with Crippen LogP contribution in [0.3, 0.4) is 0 Å². The van der Waals surface area contributed by atoms with Gasteiger partial charge in [-0.05, 0) is 79.1 Å². The predicted octanol–water partition coefficient (Wildman–Crippen LogP) is 8.26. The number of hydrogen-bond donors (Lipinski definition) is 0. The number of carbonyl (C=O) groups excluding carboxylic acids is 2. The smallest absolute Gasteiger partial charge is 0.355 e. The van der Waals surface area contributed by atoms with Gasteiger partial charge in [-0.2, -0.15) is 0 Å². The molecule has 0 heterocycles. The van der Waals surface area contributed by atoms with E-state index in [0.29, 0.717) is 17.1 Å². The second kappa shape index (κ2) is 13.2. The summed E-state index contributed by atoms with van der Waals surface area (Å²) >= 11 is 3.37. The Morgan fingerprint density at radius 3 is 1.93 bits per heavy atom. The molecule has 43 heavy (non-hydrogen) atoms. The molecule has 0 N–H and O–H groups in total. The first-order chi connectivity index (χ1) is 20.4. The van der Waals surface area contributed by atoms with E-state index in [0.717, 1.165) is 15.6 Å². The number of methoxy groups -OCH3 is 1. The summed E-state index contributed by atoms with van der Waals surface area (Å²) in [7, 11) is 1.43. The number of halogens is 1. The molecule has 4 rings (SSSR count). The van der Waals surface area contributed by atoms with Crippen molar-refractivity contribution in [2.45, 2.75) is 39.1 Å². The SMILES string of the molecule is C=C(C(=O)OC(C)(C)Oc1ccc(-c2ccccc2)cc1)c1ccc(OC(=O)C(C)(C)Oc2ccc(Br)cc2)c(OC)c1. The summed E-state index contributed by atoms with van der Waals surface area (Å²) in [5, 5.41) is 0. The lowest BCUT2D eigenvalue weighted by atomic mass is 10.1. The molecule has 0 aliphatic carbocycles. The monoisotopic (exact) mass is 644 g/mol. The van der Waals surface area contributed by atoms with Crippen LogP contribution < -0.4 is 18.9 Å². The maximum Gasteiger partial charge on any atom is 0.355 e. The second-order valence-electron chi connectivity index (χ2n) is 10.6. The molecule has 0 unspecified atom stereocenters. The first-order valence-electron chi connectivity index (χ1n) is 13.5. The molecule has 222 valence electrons. The summed E-state index contributed by atoms with van der Waals surface area (Å²) in [4.78, 5) is 26.0. The average Bonchev–Trinajstić information content (AvgIpc) is 2.98. The maximum atomic E-state index is 13.0. The molecule has 4 aromatic carbocycles. The molecule has 7 nitrogen and oxygen atoms in total. The maximum absolute atomic E-state index is 13.0. The highest BCUT2D eigenvalue weighted by Gasteiger charge is 2.33. The third kappa shape index (κ3) is 8.26. The minimum atomic E-state index is -1.29. The third-order valence-corrected chi connectivity index (χ3v) is 6.83. The summed E-state index contributed by atoms with van der Waals surface area (Å²) in [6.07, 6.45) is 0. The van der Waals surface area contributed by atoms with Gasteiger partial charge >= 0.3 is 11.9 Å². The van der Waals surface area contributed by atoms with Crippen molar-refractivity contribution in [1.29, 1.82) is 0 Å². The third-order valence-electron chi connectivity index (χ3n) is 6.30. The minimum absolute atomic E-state index is 0.0752. The van der Waals surface area contributed by atoms with E-state index in [-0.39, 0.29) is 17.1 Å². The van der Waals surface area contributed by atoms with Crippen molar-refractivity contribution < 1.29 is 33.3 Å². The van der Waals surface area contributed by atoms with Gasteiger partial charge < -0.3 is 23.7 Å². The minimum Gasteiger partial charge on any atom is -0.493 e. The van der Waals surface area contributed by atoms with Crippen LogP contribution in [-0.2, 0) is 14.3 Å². The van der Waals surface area contributed by atoms with Gasteiger partial charge in [0.15, 0.2) is 11.5 Å².